The molecule has 1 aromatic heterocycles. The topological polar surface area (TPSA) is 66.1 Å². The van der Waals surface area contributed by atoms with Crippen LogP contribution in [0, 0.1) is 11.6 Å². The van der Waals surface area contributed by atoms with Crippen LogP contribution in [-0.4, -0.2) is 17.4 Å². The van der Waals surface area contributed by atoms with E-state index in [1.54, 1.807) is 36.4 Å². The molecule has 5 nitrogen and oxygen atoms in total. The summed E-state index contributed by atoms with van der Waals surface area (Å²) in [4.78, 5) is 17.1. The van der Waals surface area contributed by atoms with Crippen molar-refractivity contribution in [1.29, 1.82) is 0 Å². The van der Waals surface area contributed by atoms with E-state index in [-0.39, 0.29) is 24.0 Å². The van der Waals surface area contributed by atoms with Crippen molar-refractivity contribution in [2.24, 2.45) is 0 Å². The molecule has 0 saturated carbocycles. The standard InChI is InChI=1S/C25H28F2N4O/c1-2-3-15-28-25-22(30-24(32)14-9-18-5-4-6-21(27)16-18)12-13-23(31-25)29-17-19-7-10-20(26)11-8-19/h4-8,10-13,16H,2-3,9,14-15,17H2,1H3,(H,30,32)(H2,28,29,31). The van der Waals surface area contributed by atoms with Crippen LogP contribution in [0.25, 0.3) is 0 Å². The van der Waals surface area contributed by atoms with Gasteiger partial charge in [-0.3, -0.25) is 4.79 Å². The van der Waals surface area contributed by atoms with Crippen LogP contribution >= 0.6 is 0 Å². The summed E-state index contributed by atoms with van der Waals surface area (Å²) in [5.41, 5.74) is 2.31. The van der Waals surface area contributed by atoms with Crippen molar-refractivity contribution >= 4 is 23.2 Å². The van der Waals surface area contributed by atoms with E-state index in [4.69, 9.17) is 0 Å². The van der Waals surface area contributed by atoms with Crippen molar-refractivity contribution in [2.45, 2.75) is 39.2 Å². The van der Waals surface area contributed by atoms with E-state index in [0.717, 1.165) is 30.5 Å². The zero-order valence-corrected chi connectivity index (χ0v) is 18.1. The highest BCUT2D eigenvalue weighted by atomic mass is 19.1. The van der Waals surface area contributed by atoms with E-state index in [0.29, 0.717) is 30.3 Å². The number of aromatic nitrogens is 1. The molecule has 2 aromatic carbocycles. The van der Waals surface area contributed by atoms with Gasteiger partial charge in [0, 0.05) is 19.5 Å². The Morgan fingerprint density at radius 1 is 0.938 bits per heavy atom. The van der Waals surface area contributed by atoms with Crippen LogP contribution in [0.15, 0.2) is 60.7 Å². The summed E-state index contributed by atoms with van der Waals surface area (Å²) in [6.07, 6.45) is 2.70. The third-order valence-electron chi connectivity index (χ3n) is 4.91. The molecule has 0 aliphatic rings. The Kier molecular flexibility index (Phi) is 8.54. The number of pyridine rings is 1. The molecule has 0 saturated heterocycles. The van der Waals surface area contributed by atoms with Gasteiger partial charge in [0.2, 0.25) is 5.91 Å². The van der Waals surface area contributed by atoms with Crippen LogP contribution in [0.4, 0.5) is 26.1 Å². The monoisotopic (exact) mass is 438 g/mol. The molecule has 0 radical (unpaired) electrons. The fourth-order valence-corrected chi connectivity index (χ4v) is 3.13. The van der Waals surface area contributed by atoms with Gasteiger partial charge < -0.3 is 16.0 Å². The Labute approximate surface area is 187 Å². The number of rotatable bonds is 11. The van der Waals surface area contributed by atoms with Crippen LogP contribution in [0.1, 0.15) is 37.3 Å². The molecule has 3 aromatic rings. The highest BCUT2D eigenvalue weighted by Gasteiger charge is 2.10. The Morgan fingerprint density at radius 2 is 1.75 bits per heavy atom. The number of nitrogens with one attached hydrogen (secondary N) is 3. The Morgan fingerprint density at radius 3 is 2.50 bits per heavy atom. The molecule has 168 valence electrons. The second-order valence-corrected chi connectivity index (χ2v) is 7.53. The van der Waals surface area contributed by atoms with Crippen molar-refractivity contribution < 1.29 is 13.6 Å². The number of nitrogens with zero attached hydrogens (tertiary/aromatic N) is 1. The Hall–Kier alpha value is -3.48. The molecule has 32 heavy (non-hydrogen) atoms. The molecule has 1 amide bonds. The van der Waals surface area contributed by atoms with E-state index in [1.807, 2.05) is 0 Å². The number of hydrogen-bond donors (Lipinski definition) is 3. The molecule has 1 heterocycles. The smallest absolute Gasteiger partial charge is 0.224 e. The second-order valence-electron chi connectivity index (χ2n) is 7.53. The lowest BCUT2D eigenvalue weighted by Gasteiger charge is -2.15. The van der Waals surface area contributed by atoms with E-state index < -0.39 is 0 Å². The number of halogens is 2. The number of benzene rings is 2. The van der Waals surface area contributed by atoms with Crippen LogP contribution < -0.4 is 16.0 Å². The number of amides is 1. The minimum absolute atomic E-state index is 0.165. The molecule has 0 bridgehead atoms. The summed E-state index contributed by atoms with van der Waals surface area (Å²) in [5.74, 6) is 0.486. The molecule has 0 unspecified atom stereocenters. The SMILES string of the molecule is CCCCNc1nc(NCc2ccc(F)cc2)ccc1NC(=O)CCc1cccc(F)c1. The third kappa shape index (κ3) is 7.34. The van der Waals surface area contributed by atoms with E-state index in [9.17, 15) is 13.6 Å². The molecule has 0 aliphatic carbocycles. The quantitative estimate of drug-likeness (QED) is 0.333. The summed E-state index contributed by atoms with van der Waals surface area (Å²) in [6, 6.07) is 16.1. The van der Waals surface area contributed by atoms with Crippen LogP contribution in [0.2, 0.25) is 0 Å². The maximum absolute atomic E-state index is 13.3. The first-order valence-corrected chi connectivity index (χ1v) is 10.8. The highest BCUT2D eigenvalue weighted by molar-refractivity contribution is 5.93. The molecule has 7 heteroatoms. The second kappa shape index (κ2) is 11.8. The molecule has 0 fully saturated rings. The largest absolute Gasteiger partial charge is 0.368 e. The highest BCUT2D eigenvalue weighted by Crippen LogP contribution is 2.23. The van der Waals surface area contributed by atoms with Crippen LogP contribution in [0.5, 0.6) is 0 Å². The van der Waals surface area contributed by atoms with Crippen molar-refractivity contribution in [3.05, 3.63) is 83.4 Å². The van der Waals surface area contributed by atoms with Crippen LogP contribution in [0.3, 0.4) is 0 Å². The van der Waals surface area contributed by atoms with E-state index in [2.05, 4.69) is 27.9 Å². The average Bonchev–Trinajstić information content (AvgIpc) is 2.79. The normalized spacial score (nSPS) is 10.6. The lowest BCUT2D eigenvalue weighted by atomic mass is 10.1. The number of hydrogen-bond acceptors (Lipinski definition) is 4. The van der Waals surface area contributed by atoms with Crippen molar-refractivity contribution in [3.63, 3.8) is 0 Å². The minimum Gasteiger partial charge on any atom is -0.368 e. The Balaban J connectivity index is 1.63. The summed E-state index contributed by atoms with van der Waals surface area (Å²) >= 11 is 0. The Bertz CT molecular complexity index is 1020. The van der Waals surface area contributed by atoms with Gasteiger partial charge in [0.15, 0.2) is 5.82 Å². The van der Waals surface area contributed by atoms with Gasteiger partial charge in [0.1, 0.15) is 17.5 Å². The van der Waals surface area contributed by atoms with Gasteiger partial charge in [-0.2, -0.15) is 0 Å². The maximum Gasteiger partial charge on any atom is 0.224 e. The summed E-state index contributed by atoms with van der Waals surface area (Å²) < 4.78 is 26.4. The molecular weight excluding hydrogens is 410 g/mol. The number of aryl methyl sites for hydroxylation is 1. The molecule has 0 atom stereocenters. The van der Waals surface area contributed by atoms with Crippen molar-refractivity contribution in [3.8, 4) is 0 Å². The van der Waals surface area contributed by atoms with Gasteiger partial charge in [-0.05, 0) is 60.4 Å². The first-order chi connectivity index (χ1) is 15.5. The van der Waals surface area contributed by atoms with Crippen molar-refractivity contribution in [1.82, 2.24) is 4.98 Å². The van der Waals surface area contributed by atoms with Gasteiger partial charge >= 0.3 is 0 Å². The van der Waals surface area contributed by atoms with Gasteiger partial charge in [0.25, 0.3) is 0 Å². The predicted octanol–water partition coefficient (Wildman–Crippen LogP) is 5.76. The fourth-order valence-electron chi connectivity index (χ4n) is 3.13. The summed E-state index contributed by atoms with van der Waals surface area (Å²) in [5, 5.41) is 9.41. The number of carbonyl (C=O) groups is 1. The zero-order valence-electron chi connectivity index (χ0n) is 18.1. The average molecular weight is 439 g/mol. The summed E-state index contributed by atoms with van der Waals surface area (Å²) in [7, 11) is 0. The first kappa shape index (κ1) is 23.2. The number of carbonyl (C=O) groups excluding carboxylic acids is 1. The summed E-state index contributed by atoms with van der Waals surface area (Å²) in [6.45, 7) is 3.34. The fraction of sp³-hybridized carbons (Fsp3) is 0.280. The lowest BCUT2D eigenvalue weighted by molar-refractivity contribution is -0.116. The molecule has 0 spiro atoms. The lowest BCUT2D eigenvalue weighted by Crippen LogP contribution is -2.16. The maximum atomic E-state index is 13.3. The van der Waals surface area contributed by atoms with Gasteiger partial charge in [-0.1, -0.05) is 37.6 Å². The molecule has 3 N–H and O–H groups in total. The molecule has 3 rings (SSSR count). The number of unbranched alkanes of at least 4 members (excludes halogenated alkanes) is 1. The van der Waals surface area contributed by atoms with Crippen LogP contribution in [-0.2, 0) is 17.8 Å². The minimum atomic E-state index is -0.307. The van der Waals surface area contributed by atoms with E-state index >= 15 is 0 Å². The predicted molar refractivity (Wildman–Crippen MR) is 125 cm³/mol. The first-order valence-electron chi connectivity index (χ1n) is 10.8. The van der Waals surface area contributed by atoms with Crippen molar-refractivity contribution in [2.75, 3.05) is 22.5 Å². The zero-order chi connectivity index (χ0) is 22.8. The van der Waals surface area contributed by atoms with Gasteiger partial charge in [0.05, 0.1) is 5.69 Å². The van der Waals surface area contributed by atoms with Gasteiger partial charge in [-0.25, -0.2) is 13.8 Å². The third-order valence-corrected chi connectivity index (χ3v) is 4.91. The molecular formula is C25H28F2N4O. The van der Waals surface area contributed by atoms with Gasteiger partial charge in [-0.15, -0.1) is 0 Å². The number of anilines is 3. The molecule has 0 aliphatic heterocycles. The van der Waals surface area contributed by atoms with E-state index in [1.165, 1.54) is 24.3 Å².